The minimum absolute atomic E-state index is 0.0554. The average Bonchev–Trinajstić information content (AvgIpc) is 2.91. The van der Waals surface area contributed by atoms with E-state index in [1.807, 2.05) is 4.90 Å². The van der Waals surface area contributed by atoms with Gasteiger partial charge in [0.2, 0.25) is 5.82 Å². The molecule has 0 aromatic heterocycles. The van der Waals surface area contributed by atoms with Gasteiger partial charge >= 0.3 is 0 Å². The number of amides is 1. The topological polar surface area (TPSA) is 56.8 Å². The van der Waals surface area contributed by atoms with E-state index in [9.17, 15) is 26.7 Å². The van der Waals surface area contributed by atoms with Crippen LogP contribution in [-0.4, -0.2) is 44.3 Å². The number of anilines is 3. The molecule has 0 spiro atoms. The Hall–Kier alpha value is -3.93. The van der Waals surface area contributed by atoms with E-state index < -0.39 is 34.8 Å². The minimum Gasteiger partial charge on any atom is -0.497 e. The third kappa shape index (κ3) is 5.58. The van der Waals surface area contributed by atoms with Crippen LogP contribution in [0.5, 0.6) is 5.75 Å². The SMILES string of the molecule is COc1ccc(C(=O)NC(=S)Nc2ccc(N3CCN(c4c(F)c(F)c(F)c(F)c4F)CC3)cc2)cc1. The number of nitrogens with one attached hydrogen (secondary N) is 2. The van der Waals surface area contributed by atoms with Crippen molar-refractivity contribution in [3.05, 3.63) is 83.2 Å². The van der Waals surface area contributed by atoms with Crippen molar-refractivity contribution in [2.45, 2.75) is 0 Å². The second-order valence-electron chi connectivity index (χ2n) is 8.08. The monoisotopic (exact) mass is 536 g/mol. The van der Waals surface area contributed by atoms with Crippen LogP contribution in [0.2, 0.25) is 0 Å². The lowest BCUT2D eigenvalue weighted by atomic mass is 10.2. The number of methoxy groups -OCH3 is 1. The molecule has 0 radical (unpaired) electrons. The van der Waals surface area contributed by atoms with Gasteiger partial charge in [-0.05, 0) is 60.7 Å². The molecule has 0 saturated carbocycles. The zero-order chi connectivity index (χ0) is 26.7. The fourth-order valence-corrected chi connectivity index (χ4v) is 4.11. The average molecular weight is 537 g/mol. The lowest BCUT2D eigenvalue weighted by Gasteiger charge is -2.37. The van der Waals surface area contributed by atoms with Crippen LogP contribution in [-0.2, 0) is 0 Å². The van der Waals surface area contributed by atoms with E-state index in [0.717, 1.165) is 10.6 Å². The van der Waals surface area contributed by atoms with E-state index in [0.29, 0.717) is 30.1 Å². The molecule has 0 atom stereocenters. The number of nitrogens with zero attached hydrogens (tertiary/aromatic N) is 2. The summed E-state index contributed by atoms with van der Waals surface area (Å²) >= 11 is 5.20. The van der Waals surface area contributed by atoms with Gasteiger partial charge in [-0.15, -0.1) is 0 Å². The van der Waals surface area contributed by atoms with E-state index in [1.54, 1.807) is 48.5 Å². The van der Waals surface area contributed by atoms with Crippen molar-refractivity contribution in [3.63, 3.8) is 0 Å². The molecule has 4 rings (SSSR count). The van der Waals surface area contributed by atoms with E-state index in [1.165, 1.54) is 7.11 Å². The van der Waals surface area contributed by atoms with Crippen LogP contribution in [0.25, 0.3) is 0 Å². The Morgan fingerprint density at radius 2 is 1.30 bits per heavy atom. The van der Waals surface area contributed by atoms with Crippen LogP contribution in [0.3, 0.4) is 0 Å². The molecule has 6 nitrogen and oxygen atoms in total. The third-order valence-corrected chi connectivity index (χ3v) is 6.06. The normalized spacial score (nSPS) is 13.4. The van der Waals surface area contributed by atoms with Gasteiger partial charge in [-0.25, -0.2) is 22.0 Å². The van der Waals surface area contributed by atoms with Gasteiger partial charge in [0.1, 0.15) is 11.4 Å². The summed E-state index contributed by atoms with van der Waals surface area (Å²) in [4.78, 5) is 15.4. The predicted octanol–water partition coefficient (Wildman–Crippen LogP) is 4.84. The summed E-state index contributed by atoms with van der Waals surface area (Å²) in [5.41, 5.74) is 0.894. The summed E-state index contributed by atoms with van der Waals surface area (Å²) in [6.45, 7) is 0.699. The van der Waals surface area contributed by atoms with Crippen LogP contribution < -0.4 is 25.2 Å². The highest BCUT2D eigenvalue weighted by atomic mass is 32.1. The quantitative estimate of drug-likeness (QED) is 0.211. The first-order valence-electron chi connectivity index (χ1n) is 11.1. The second kappa shape index (κ2) is 11.0. The standard InChI is InChI=1S/C25H21F5N4O2S/c1-36-17-8-2-14(3-9-17)24(35)32-25(37)31-15-4-6-16(7-5-15)33-10-12-34(13-11-33)23-21(29)19(27)18(26)20(28)22(23)30/h2-9H,10-13H2,1H3,(H2,31,32,35,37). The molecule has 1 fully saturated rings. The van der Waals surface area contributed by atoms with Crippen molar-refractivity contribution in [2.24, 2.45) is 0 Å². The van der Waals surface area contributed by atoms with Gasteiger partial charge in [0.15, 0.2) is 28.4 Å². The van der Waals surface area contributed by atoms with Crippen LogP contribution in [0.4, 0.5) is 39.0 Å². The molecule has 3 aromatic rings. The highest BCUT2D eigenvalue weighted by Crippen LogP contribution is 2.31. The predicted molar refractivity (Wildman–Crippen MR) is 134 cm³/mol. The highest BCUT2D eigenvalue weighted by molar-refractivity contribution is 7.80. The minimum atomic E-state index is -2.18. The second-order valence-corrected chi connectivity index (χ2v) is 8.48. The van der Waals surface area contributed by atoms with Crippen LogP contribution >= 0.6 is 12.2 Å². The lowest BCUT2D eigenvalue weighted by molar-refractivity contribution is 0.0977. The number of rotatable bonds is 5. The Balaban J connectivity index is 1.33. The molecule has 1 heterocycles. The van der Waals surface area contributed by atoms with Crippen molar-refractivity contribution >= 4 is 40.3 Å². The smallest absolute Gasteiger partial charge is 0.257 e. The van der Waals surface area contributed by atoms with E-state index in [2.05, 4.69) is 10.6 Å². The highest BCUT2D eigenvalue weighted by Gasteiger charge is 2.30. The molecule has 0 unspecified atom stereocenters. The number of carbonyl (C=O) groups excluding carboxylic acids is 1. The third-order valence-electron chi connectivity index (χ3n) is 5.85. The van der Waals surface area contributed by atoms with Crippen LogP contribution in [0.1, 0.15) is 10.4 Å². The summed E-state index contributed by atoms with van der Waals surface area (Å²) in [6, 6.07) is 13.6. The number of ether oxygens (including phenoxy) is 1. The number of thiocarbonyl (C=S) groups is 1. The van der Waals surface area contributed by atoms with E-state index in [4.69, 9.17) is 17.0 Å². The maximum atomic E-state index is 14.1. The molecule has 0 bridgehead atoms. The lowest BCUT2D eigenvalue weighted by Crippen LogP contribution is -2.47. The summed E-state index contributed by atoms with van der Waals surface area (Å²) in [7, 11) is 1.53. The molecule has 0 aliphatic carbocycles. The molecular formula is C25H21F5N4O2S. The van der Waals surface area contributed by atoms with Crippen molar-refractivity contribution in [1.82, 2.24) is 5.32 Å². The largest absolute Gasteiger partial charge is 0.497 e. The van der Waals surface area contributed by atoms with Crippen molar-refractivity contribution in [2.75, 3.05) is 48.4 Å². The van der Waals surface area contributed by atoms with Crippen LogP contribution in [0, 0.1) is 29.1 Å². The van der Waals surface area contributed by atoms with Gasteiger partial charge in [0.05, 0.1) is 7.11 Å². The van der Waals surface area contributed by atoms with Gasteiger partial charge in [0.25, 0.3) is 5.91 Å². The Labute approximate surface area is 214 Å². The molecule has 1 amide bonds. The first-order chi connectivity index (χ1) is 17.7. The number of piperazine rings is 1. The number of halogens is 5. The Morgan fingerprint density at radius 3 is 1.84 bits per heavy atom. The maximum Gasteiger partial charge on any atom is 0.257 e. The van der Waals surface area contributed by atoms with Crippen molar-refractivity contribution in [1.29, 1.82) is 0 Å². The summed E-state index contributed by atoms with van der Waals surface area (Å²) < 4.78 is 73.8. The zero-order valence-electron chi connectivity index (χ0n) is 19.5. The molecule has 37 heavy (non-hydrogen) atoms. The first kappa shape index (κ1) is 26.1. The van der Waals surface area contributed by atoms with Crippen molar-refractivity contribution in [3.8, 4) is 5.75 Å². The fourth-order valence-electron chi connectivity index (χ4n) is 3.89. The number of carbonyl (C=O) groups is 1. The molecule has 1 aliphatic rings. The molecule has 2 N–H and O–H groups in total. The molecule has 194 valence electrons. The Morgan fingerprint density at radius 1 is 0.784 bits per heavy atom. The summed E-state index contributed by atoms with van der Waals surface area (Å²) in [6.07, 6.45) is 0. The van der Waals surface area contributed by atoms with Crippen LogP contribution in [0.15, 0.2) is 48.5 Å². The molecular weight excluding hydrogens is 515 g/mol. The summed E-state index contributed by atoms with van der Waals surface area (Å²) in [5.74, 6) is -9.54. The Bertz CT molecular complexity index is 1290. The summed E-state index contributed by atoms with van der Waals surface area (Å²) in [5, 5.41) is 5.60. The van der Waals surface area contributed by atoms with E-state index >= 15 is 0 Å². The maximum absolute atomic E-state index is 14.1. The first-order valence-corrected chi connectivity index (χ1v) is 11.5. The number of benzene rings is 3. The Kier molecular flexibility index (Phi) is 7.77. The zero-order valence-corrected chi connectivity index (χ0v) is 20.3. The molecule has 3 aromatic carbocycles. The van der Waals surface area contributed by atoms with E-state index in [-0.39, 0.29) is 24.1 Å². The van der Waals surface area contributed by atoms with Crippen molar-refractivity contribution < 1.29 is 31.5 Å². The molecule has 1 aliphatic heterocycles. The van der Waals surface area contributed by atoms with Gasteiger partial charge in [-0.3, -0.25) is 10.1 Å². The van der Waals surface area contributed by atoms with Gasteiger partial charge in [-0.2, -0.15) is 0 Å². The molecule has 1 saturated heterocycles. The van der Waals surface area contributed by atoms with Gasteiger partial charge in [-0.1, -0.05) is 0 Å². The number of hydrogen-bond acceptors (Lipinski definition) is 5. The number of hydrogen-bond donors (Lipinski definition) is 2. The fraction of sp³-hybridized carbons (Fsp3) is 0.200. The van der Waals surface area contributed by atoms with Gasteiger partial charge in [0, 0.05) is 43.1 Å². The van der Waals surface area contributed by atoms with Gasteiger partial charge < -0.3 is 19.9 Å². The molecule has 12 heteroatoms.